The van der Waals surface area contributed by atoms with Crippen molar-refractivity contribution in [3.8, 4) is 0 Å². The highest BCUT2D eigenvalue weighted by atomic mass is 16.3. The summed E-state index contributed by atoms with van der Waals surface area (Å²) in [7, 11) is 0. The Hall–Kier alpha value is -2.43. The smallest absolute Gasteiger partial charge is 0.220 e. The van der Waals surface area contributed by atoms with Crippen LogP contribution in [-0.2, 0) is 4.79 Å². The zero-order valence-corrected chi connectivity index (χ0v) is 44.7. The molecule has 0 aliphatic carbocycles. The molecule has 2 atom stereocenters. The molecule has 0 radical (unpaired) electrons. The van der Waals surface area contributed by atoms with Crippen molar-refractivity contribution in [3.05, 3.63) is 85.1 Å². The quantitative estimate of drug-likeness (QED) is 0.0420. The molecule has 4 nitrogen and oxygen atoms in total. The standard InChI is InChI=1S/C63H113NO3/c1-3-5-7-9-11-13-15-17-19-21-23-25-27-29-30-31-32-33-35-36-38-40-42-44-46-48-50-52-54-56-58-62(66)61(60-65)64-63(67)59-57-55-53-51-49-47-45-43-41-39-37-34-28-26-24-22-20-18-16-14-12-10-8-6-4-2/h6,8,12,14,18,20,24,26,34,37,41,43,56,58,61-62,65-66H,3-5,7,9-11,13,15-17,19,21-23,25,27-33,35-36,38-40,42,44-55,57,59-60H2,1-2H3,(H,64,67)/b8-6-,14-12-,20-18-,26-24-,37-34-,43-41-,58-56+. The second-order valence-electron chi connectivity index (χ2n) is 19.7. The van der Waals surface area contributed by atoms with Gasteiger partial charge < -0.3 is 15.5 Å². The van der Waals surface area contributed by atoms with Gasteiger partial charge in [-0.05, 0) is 70.6 Å². The number of carbonyl (C=O) groups excluding carboxylic acids is 1. The molecule has 4 heteroatoms. The summed E-state index contributed by atoms with van der Waals surface area (Å²) in [6, 6.07) is -0.638. The van der Waals surface area contributed by atoms with E-state index in [0.717, 1.165) is 77.0 Å². The Morgan fingerprint density at radius 2 is 0.657 bits per heavy atom. The lowest BCUT2D eigenvalue weighted by Crippen LogP contribution is -2.45. The van der Waals surface area contributed by atoms with Gasteiger partial charge in [0.2, 0.25) is 5.91 Å². The van der Waals surface area contributed by atoms with Gasteiger partial charge in [0.1, 0.15) is 0 Å². The van der Waals surface area contributed by atoms with Gasteiger partial charge in [-0.3, -0.25) is 4.79 Å². The molecule has 3 N–H and O–H groups in total. The third-order valence-electron chi connectivity index (χ3n) is 13.1. The summed E-state index contributed by atoms with van der Waals surface area (Å²) in [5.74, 6) is -0.0788. The van der Waals surface area contributed by atoms with E-state index in [0.29, 0.717) is 6.42 Å². The van der Waals surface area contributed by atoms with Crippen LogP contribution in [0.4, 0.5) is 0 Å². The van der Waals surface area contributed by atoms with Crippen molar-refractivity contribution >= 4 is 5.91 Å². The summed E-state index contributed by atoms with van der Waals surface area (Å²) in [5, 5.41) is 23.2. The SMILES string of the molecule is CC/C=C\C/C=C\C/C=C\C/C=C\C/C=C\C/C=C\CCCCCCCCC(=O)NC(CO)C(O)/C=C/CCCCCCCCCCCCCCCCCCCCCCCCCCCCCC. The van der Waals surface area contributed by atoms with Crippen LogP contribution in [0.1, 0.15) is 290 Å². The molecule has 0 rings (SSSR count). The van der Waals surface area contributed by atoms with Gasteiger partial charge in [0.25, 0.3) is 0 Å². The van der Waals surface area contributed by atoms with Crippen LogP contribution < -0.4 is 5.32 Å². The van der Waals surface area contributed by atoms with E-state index >= 15 is 0 Å². The van der Waals surface area contributed by atoms with Gasteiger partial charge in [-0.15, -0.1) is 0 Å². The van der Waals surface area contributed by atoms with E-state index in [1.54, 1.807) is 6.08 Å². The minimum atomic E-state index is -0.853. The fourth-order valence-electron chi connectivity index (χ4n) is 8.71. The lowest BCUT2D eigenvalue weighted by Gasteiger charge is -2.20. The first-order valence-electron chi connectivity index (χ1n) is 29.3. The maximum atomic E-state index is 12.5. The summed E-state index contributed by atoms with van der Waals surface area (Å²) >= 11 is 0. The zero-order chi connectivity index (χ0) is 48.5. The lowest BCUT2D eigenvalue weighted by atomic mass is 10.0. The summed E-state index contributed by atoms with van der Waals surface area (Å²) in [6.07, 6.45) is 84.7. The number of aliphatic hydroxyl groups is 2. The summed E-state index contributed by atoms with van der Waals surface area (Å²) < 4.78 is 0. The number of allylic oxidation sites excluding steroid dienone is 13. The molecule has 0 bridgehead atoms. The zero-order valence-electron chi connectivity index (χ0n) is 44.7. The van der Waals surface area contributed by atoms with Crippen molar-refractivity contribution in [1.82, 2.24) is 5.32 Å². The molecule has 0 saturated carbocycles. The molecule has 0 fully saturated rings. The van der Waals surface area contributed by atoms with Gasteiger partial charge in [-0.2, -0.15) is 0 Å². The Kier molecular flexibility index (Phi) is 55.8. The van der Waals surface area contributed by atoms with E-state index in [-0.39, 0.29) is 12.5 Å². The Balaban J connectivity index is 3.54. The average molecular weight is 933 g/mol. The van der Waals surface area contributed by atoms with E-state index in [9.17, 15) is 15.0 Å². The van der Waals surface area contributed by atoms with Crippen LogP contribution >= 0.6 is 0 Å². The van der Waals surface area contributed by atoms with Crippen molar-refractivity contribution in [3.63, 3.8) is 0 Å². The molecule has 0 aromatic heterocycles. The van der Waals surface area contributed by atoms with E-state index in [1.165, 1.54) is 193 Å². The molecule has 2 unspecified atom stereocenters. The molecule has 0 aliphatic heterocycles. The van der Waals surface area contributed by atoms with Crippen molar-refractivity contribution in [2.45, 2.75) is 302 Å². The second-order valence-corrected chi connectivity index (χ2v) is 19.7. The normalized spacial score (nSPS) is 13.4. The highest BCUT2D eigenvalue weighted by Crippen LogP contribution is 2.17. The first-order valence-corrected chi connectivity index (χ1v) is 29.3. The first kappa shape index (κ1) is 64.6. The maximum Gasteiger partial charge on any atom is 0.220 e. The number of nitrogens with one attached hydrogen (secondary N) is 1. The Morgan fingerprint density at radius 3 is 0.985 bits per heavy atom. The van der Waals surface area contributed by atoms with Crippen LogP contribution in [-0.4, -0.2) is 34.9 Å². The predicted molar refractivity (Wildman–Crippen MR) is 299 cm³/mol. The van der Waals surface area contributed by atoms with Crippen molar-refractivity contribution in [2.24, 2.45) is 0 Å². The first-order chi connectivity index (χ1) is 33.2. The van der Waals surface area contributed by atoms with Gasteiger partial charge in [0.05, 0.1) is 18.8 Å². The van der Waals surface area contributed by atoms with E-state index in [2.05, 4.69) is 92.1 Å². The maximum absolute atomic E-state index is 12.5. The summed E-state index contributed by atoms with van der Waals surface area (Å²) in [4.78, 5) is 12.5. The number of carbonyl (C=O) groups is 1. The Morgan fingerprint density at radius 1 is 0.373 bits per heavy atom. The fourth-order valence-corrected chi connectivity index (χ4v) is 8.71. The van der Waals surface area contributed by atoms with E-state index in [4.69, 9.17) is 0 Å². The van der Waals surface area contributed by atoms with Gasteiger partial charge >= 0.3 is 0 Å². The topological polar surface area (TPSA) is 69.6 Å². The number of hydrogen-bond donors (Lipinski definition) is 3. The molecule has 0 heterocycles. The highest BCUT2D eigenvalue weighted by molar-refractivity contribution is 5.76. The Labute approximate surface area is 418 Å². The monoisotopic (exact) mass is 932 g/mol. The third-order valence-corrected chi connectivity index (χ3v) is 13.1. The van der Waals surface area contributed by atoms with Crippen molar-refractivity contribution in [1.29, 1.82) is 0 Å². The van der Waals surface area contributed by atoms with Gasteiger partial charge in [-0.1, -0.05) is 298 Å². The molecule has 1 amide bonds. The van der Waals surface area contributed by atoms with Gasteiger partial charge in [0.15, 0.2) is 0 Å². The largest absolute Gasteiger partial charge is 0.394 e. The van der Waals surface area contributed by atoms with Gasteiger partial charge in [-0.25, -0.2) is 0 Å². The predicted octanol–water partition coefficient (Wildman–Crippen LogP) is 19.5. The van der Waals surface area contributed by atoms with Crippen LogP contribution in [0.15, 0.2) is 85.1 Å². The molecular weight excluding hydrogens is 819 g/mol. The fraction of sp³-hybridized carbons (Fsp3) is 0.762. The second kappa shape index (κ2) is 57.9. The average Bonchev–Trinajstić information content (AvgIpc) is 3.33. The van der Waals surface area contributed by atoms with Crippen molar-refractivity contribution in [2.75, 3.05) is 6.61 Å². The molecule has 0 aromatic rings. The number of unbranched alkanes of at least 4 members (excludes halogenated alkanes) is 34. The van der Waals surface area contributed by atoms with Crippen LogP contribution in [0.25, 0.3) is 0 Å². The van der Waals surface area contributed by atoms with Gasteiger partial charge in [0, 0.05) is 6.42 Å². The van der Waals surface area contributed by atoms with E-state index in [1.807, 2.05) is 6.08 Å². The Bertz CT molecular complexity index is 1190. The molecule has 0 spiro atoms. The van der Waals surface area contributed by atoms with Crippen LogP contribution in [0.5, 0.6) is 0 Å². The third kappa shape index (κ3) is 54.4. The lowest BCUT2D eigenvalue weighted by molar-refractivity contribution is -0.123. The van der Waals surface area contributed by atoms with Crippen molar-refractivity contribution < 1.29 is 15.0 Å². The molecular formula is C63H113NO3. The number of rotatable bonds is 53. The van der Waals surface area contributed by atoms with Crippen LogP contribution in [0.3, 0.4) is 0 Å². The number of aliphatic hydroxyl groups excluding tert-OH is 2. The number of amides is 1. The number of hydrogen-bond acceptors (Lipinski definition) is 3. The molecule has 0 saturated heterocycles. The van der Waals surface area contributed by atoms with E-state index < -0.39 is 12.1 Å². The summed E-state index contributed by atoms with van der Waals surface area (Å²) in [5.41, 5.74) is 0. The molecule has 388 valence electrons. The van der Waals surface area contributed by atoms with Crippen LogP contribution in [0.2, 0.25) is 0 Å². The minimum absolute atomic E-state index is 0.0788. The summed E-state index contributed by atoms with van der Waals surface area (Å²) in [6.45, 7) is 4.21. The molecule has 0 aliphatic rings. The van der Waals surface area contributed by atoms with Crippen LogP contribution in [0, 0.1) is 0 Å². The molecule has 0 aromatic carbocycles. The molecule has 67 heavy (non-hydrogen) atoms. The minimum Gasteiger partial charge on any atom is -0.394 e. The highest BCUT2D eigenvalue weighted by Gasteiger charge is 2.18.